The van der Waals surface area contributed by atoms with E-state index in [0.717, 1.165) is 42.1 Å². The Labute approximate surface area is 125 Å². The Bertz CT molecular complexity index is 649. The number of ether oxygens (including phenoxy) is 2. The van der Waals surface area contributed by atoms with Gasteiger partial charge in [-0.1, -0.05) is 30.3 Å². The Kier molecular flexibility index (Phi) is 3.60. The van der Waals surface area contributed by atoms with Crippen molar-refractivity contribution in [3.05, 3.63) is 59.2 Å². The van der Waals surface area contributed by atoms with Gasteiger partial charge in [-0.3, -0.25) is 0 Å². The van der Waals surface area contributed by atoms with Gasteiger partial charge >= 0.3 is 0 Å². The fraction of sp³-hybridized carbons (Fsp3) is 0.333. The van der Waals surface area contributed by atoms with E-state index in [1.165, 1.54) is 5.56 Å². The number of methoxy groups -OCH3 is 1. The van der Waals surface area contributed by atoms with E-state index in [9.17, 15) is 0 Å². The summed E-state index contributed by atoms with van der Waals surface area (Å²) < 4.78 is 11.2. The molecule has 1 aliphatic rings. The Morgan fingerprint density at radius 1 is 1.19 bits per heavy atom. The molecule has 1 unspecified atom stereocenters. The van der Waals surface area contributed by atoms with Gasteiger partial charge in [0.2, 0.25) is 0 Å². The number of hydrogen-bond acceptors (Lipinski definition) is 3. The quantitative estimate of drug-likeness (QED) is 0.940. The highest BCUT2D eigenvalue weighted by molar-refractivity contribution is 5.51. The molecule has 3 rings (SSSR count). The molecule has 2 N–H and O–H groups in total. The minimum atomic E-state index is -0.614. The molecule has 2 aromatic carbocycles. The Balaban J connectivity index is 2.09. The summed E-state index contributed by atoms with van der Waals surface area (Å²) in [5.74, 6) is 1.77. The van der Waals surface area contributed by atoms with Crippen LogP contribution in [0.15, 0.2) is 42.5 Å². The van der Waals surface area contributed by atoms with Crippen molar-refractivity contribution in [2.75, 3.05) is 13.7 Å². The Morgan fingerprint density at radius 3 is 2.81 bits per heavy atom. The number of aryl methyl sites for hydroxylation is 1. The van der Waals surface area contributed by atoms with Crippen LogP contribution in [0.1, 0.15) is 30.0 Å². The van der Waals surface area contributed by atoms with E-state index in [0.29, 0.717) is 0 Å². The van der Waals surface area contributed by atoms with E-state index in [-0.39, 0.29) is 0 Å². The number of para-hydroxylation sites is 1. The third-order valence-corrected chi connectivity index (χ3v) is 4.16. The fourth-order valence-corrected chi connectivity index (χ4v) is 2.90. The molecule has 2 aromatic rings. The van der Waals surface area contributed by atoms with Crippen LogP contribution in [0.5, 0.6) is 11.5 Å². The Morgan fingerprint density at radius 2 is 2.00 bits per heavy atom. The maximum absolute atomic E-state index is 6.67. The van der Waals surface area contributed by atoms with Gasteiger partial charge in [-0.05, 0) is 43.0 Å². The van der Waals surface area contributed by atoms with Crippen molar-refractivity contribution < 1.29 is 9.47 Å². The van der Waals surface area contributed by atoms with Crippen molar-refractivity contribution in [3.8, 4) is 11.5 Å². The third kappa shape index (κ3) is 2.49. The highest BCUT2D eigenvalue weighted by Crippen LogP contribution is 2.38. The average molecular weight is 283 g/mol. The molecule has 0 radical (unpaired) electrons. The first-order valence-electron chi connectivity index (χ1n) is 7.31. The largest absolute Gasteiger partial charge is 0.497 e. The fourth-order valence-electron chi connectivity index (χ4n) is 2.90. The molecular weight excluding hydrogens is 262 g/mol. The maximum atomic E-state index is 6.67. The van der Waals surface area contributed by atoms with Gasteiger partial charge in [0.1, 0.15) is 11.5 Å². The Hall–Kier alpha value is -2.00. The van der Waals surface area contributed by atoms with Crippen LogP contribution in [0.25, 0.3) is 0 Å². The zero-order chi connectivity index (χ0) is 14.9. The zero-order valence-electron chi connectivity index (χ0n) is 12.6. The SMILES string of the molecule is COc1cccc(C(C)(N)c2cccc3c2OCCC3)c1. The lowest BCUT2D eigenvalue weighted by Gasteiger charge is -2.31. The smallest absolute Gasteiger partial charge is 0.127 e. The minimum absolute atomic E-state index is 0.614. The lowest BCUT2D eigenvalue weighted by atomic mass is 9.83. The molecule has 0 saturated carbocycles. The predicted octanol–water partition coefficient (Wildman–Crippen LogP) is 3.24. The van der Waals surface area contributed by atoms with Crippen LogP contribution in [-0.2, 0) is 12.0 Å². The molecule has 1 atom stereocenters. The second kappa shape index (κ2) is 5.41. The first kappa shape index (κ1) is 14.0. The summed E-state index contributed by atoms with van der Waals surface area (Å²) in [6, 6.07) is 14.2. The number of hydrogen-bond donors (Lipinski definition) is 1. The van der Waals surface area contributed by atoms with Crippen LogP contribution in [0.3, 0.4) is 0 Å². The molecule has 110 valence electrons. The van der Waals surface area contributed by atoms with Crippen molar-refractivity contribution in [1.29, 1.82) is 0 Å². The van der Waals surface area contributed by atoms with Gasteiger partial charge in [0, 0.05) is 5.56 Å². The molecule has 0 bridgehead atoms. The summed E-state index contributed by atoms with van der Waals surface area (Å²) in [6.45, 7) is 2.79. The number of fused-ring (bicyclic) bond motifs is 1. The van der Waals surface area contributed by atoms with E-state index in [1.807, 2.05) is 31.2 Å². The van der Waals surface area contributed by atoms with Gasteiger partial charge < -0.3 is 15.2 Å². The molecule has 0 aromatic heterocycles. The van der Waals surface area contributed by atoms with Gasteiger partial charge in [0.05, 0.1) is 19.3 Å². The molecule has 0 aliphatic carbocycles. The average Bonchev–Trinajstić information content (AvgIpc) is 2.54. The molecule has 21 heavy (non-hydrogen) atoms. The second-order valence-corrected chi connectivity index (χ2v) is 5.68. The van der Waals surface area contributed by atoms with Crippen molar-refractivity contribution in [2.24, 2.45) is 5.73 Å². The molecule has 0 spiro atoms. The van der Waals surface area contributed by atoms with Crippen molar-refractivity contribution in [2.45, 2.75) is 25.3 Å². The molecule has 3 heteroatoms. The van der Waals surface area contributed by atoms with Gasteiger partial charge in [-0.25, -0.2) is 0 Å². The number of benzene rings is 2. The van der Waals surface area contributed by atoms with Crippen LogP contribution < -0.4 is 15.2 Å². The highest BCUT2D eigenvalue weighted by Gasteiger charge is 2.29. The molecule has 0 saturated heterocycles. The normalized spacial score (nSPS) is 16.5. The van der Waals surface area contributed by atoms with E-state index < -0.39 is 5.54 Å². The molecule has 0 amide bonds. The van der Waals surface area contributed by atoms with Gasteiger partial charge in [-0.2, -0.15) is 0 Å². The topological polar surface area (TPSA) is 44.5 Å². The summed E-state index contributed by atoms with van der Waals surface area (Å²) >= 11 is 0. The summed E-state index contributed by atoms with van der Waals surface area (Å²) in [4.78, 5) is 0. The highest BCUT2D eigenvalue weighted by atomic mass is 16.5. The van der Waals surface area contributed by atoms with E-state index in [4.69, 9.17) is 15.2 Å². The second-order valence-electron chi connectivity index (χ2n) is 5.68. The van der Waals surface area contributed by atoms with Crippen molar-refractivity contribution in [1.82, 2.24) is 0 Å². The maximum Gasteiger partial charge on any atom is 0.127 e. The third-order valence-electron chi connectivity index (χ3n) is 4.16. The first-order chi connectivity index (χ1) is 10.1. The summed E-state index contributed by atoms with van der Waals surface area (Å²) in [6.07, 6.45) is 2.12. The van der Waals surface area contributed by atoms with Crippen LogP contribution in [-0.4, -0.2) is 13.7 Å². The first-order valence-corrected chi connectivity index (χ1v) is 7.31. The zero-order valence-corrected chi connectivity index (χ0v) is 12.6. The van der Waals surface area contributed by atoms with E-state index in [2.05, 4.69) is 18.2 Å². The molecule has 1 aliphatic heterocycles. The van der Waals surface area contributed by atoms with Gasteiger partial charge in [0.25, 0.3) is 0 Å². The predicted molar refractivity (Wildman–Crippen MR) is 83.9 cm³/mol. The molecule has 3 nitrogen and oxygen atoms in total. The van der Waals surface area contributed by atoms with Gasteiger partial charge in [0.15, 0.2) is 0 Å². The van der Waals surface area contributed by atoms with Crippen molar-refractivity contribution in [3.63, 3.8) is 0 Å². The summed E-state index contributed by atoms with van der Waals surface area (Å²) in [7, 11) is 1.67. The standard InChI is InChI=1S/C18H21NO2/c1-18(19,14-8-4-9-15(12-14)20-2)16-10-3-6-13-7-5-11-21-17(13)16/h3-4,6,8-10,12H,5,7,11,19H2,1-2H3. The van der Waals surface area contributed by atoms with Gasteiger partial charge in [-0.15, -0.1) is 0 Å². The van der Waals surface area contributed by atoms with Crippen LogP contribution in [0.2, 0.25) is 0 Å². The van der Waals surface area contributed by atoms with Crippen LogP contribution in [0, 0.1) is 0 Å². The summed E-state index contributed by atoms with van der Waals surface area (Å²) in [5, 5.41) is 0. The van der Waals surface area contributed by atoms with Crippen LogP contribution >= 0.6 is 0 Å². The van der Waals surface area contributed by atoms with Crippen molar-refractivity contribution >= 4 is 0 Å². The monoisotopic (exact) mass is 283 g/mol. The minimum Gasteiger partial charge on any atom is -0.497 e. The number of nitrogens with two attached hydrogens (primary N) is 1. The summed E-state index contributed by atoms with van der Waals surface area (Å²) in [5.41, 5.74) is 9.36. The lowest BCUT2D eigenvalue weighted by Crippen LogP contribution is -2.35. The van der Waals surface area contributed by atoms with E-state index in [1.54, 1.807) is 7.11 Å². The lowest BCUT2D eigenvalue weighted by molar-refractivity contribution is 0.280. The molecular formula is C18H21NO2. The number of rotatable bonds is 3. The van der Waals surface area contributed by atoms with Crippen LogP contribution in [0.4, 0.5) is 0 Å². The molecule has 0 fully saturated rings. The van der Waals surface area contributed by atoms with E-state index >= 15 is 0 Å². The molecule has 1 heterocycles.